The van der Waals surface area contributed by atoms with Crippen molar-refractivity contribution in [2.75, 3.05) is 13.2 Å². The summed E-state index contributed by atoms with van der Waals surface area (Å²) in [5.41, 5.74) is 6.36. The average Bonchev–Trinajstić information content (AvgIpc) is 2.96. The van der Waals surface area contributed by atoms with E-state index in [1.807, 2.05) is 27.7 Å². The number of ether oxygens (including phenoxy) is 2. The van der Waals surface area contributed by atoms with E-state index in [1.54, 1.807) is 13.8 Å². The van der Waals surface area contributed by atoms with Gasteiger partial charge in [-0.05, 0) is 52.7 Å². The molecule has 0 aliphatic heterocycles. The quantitative estimate of drug-likeness (QED) is 0.784. The zero-order chi connectivity index (χ0) is 18.7. The van der Waals surface area contributed by atoms with Crippen molar-refractivity contribution in [2.24, 2.45) is 0 Å². The monoisotopic (exact) mass is 346 g/mol. The van der Waals surface area contributed by atoms with E-state index in [9.17, 15) is 9.59 Å². The van der Waals surface area contributed by atoms with E-state index < -0.39 is 0 Å². The highest BCUT2D eigenvalue weighted by molar-refractivity contribution is 5.93. The number of aromatic amines is 2. The lowest BCUT2D eigenvalue weighted by Crippen LogP contribution is -2.07. The highest BCUT2D eigenvalue weighted by Gasteiger charge is 2.23. The molecule has 0 fully saturated rings. The Kier molecular flexibility index (Phi) is 5.72. The predicted molar refractivity (Wildman–Crippen MR) is 95.3 cm³/mol. The fourth-order valence-electron chi connectivity index (χ4n) is 3.18. The summed E-state index contributed by atoms with van der Waals surface area (Å²) in [5, 5.41) is 0. The Morgan fingerprint density at radius 3 is 1.44 bits per heavy atom. The number of H-pyrrole nitrogens is 2. The highest BCUT2D eigenvalue weighted by Crippen LogP contribution is 2.25. The average molecular weight is 346 g/mol. The molecule has 0 radical (unpaired) electrons. The lowest BCUT2D eigenvalue weighted by atomic mass is 10.0. The number of rotatable bonds is 6. The van der Waals surface area contributed by atoms with Gasteiger partial charge in [-0.25, -0.2) is 9.59 Å². The molecule has 0 unspecified atom stereocenters. The second-order valence-corrected chi connectivity index (χ2v) is 6.07. The smallest absolute Gasteiger partial charge is 0.340 e. The van der Waals surface area contributed by atoms with Crippen LogP contribution in [0.3, 0.4) is 0 Å². The van der Waals surface area contributed by atoms with Gasteiger partial charge in [0.15, 0.2) is 0 Å². The highest BCUT2D eigenvalue weighted by atomic mass is 16.5. The summed E-state index contributed by atoms with van der Waals surface area (Å²) in [7, 11) is 0. The van der Waals surface area contributed by atoms with Crippen LogP contribution in [0.4, 0.5) is 0 Å². The molecule has 25 heavy (non-hydrogen) atoms. The van der Waals surface area contributed by atoms with Gasteiger partial charge < -0.3 is 19.4 Å². The van der Waals surface area contributed by atoms with Gasteiger partial charge >= 0.3 is 11.9 Å². The zero-order valence-electron chi connectivity index (χ0n) is 15.8. The van der Waals surface area contributed by atoms with Gasteiger partial charge in [-0.2, -0.15) is 0 Å². The Morgan fingerprint density at radius 2 is 1.12 bits per heavy atom. The van der Waals surface area contributed by atoms with Crippen molar-refractivity contribution < 1.29 is 19.1 Å². The molecule has 0 atom stereocenters. The predicted octanol–water partition coefficient (Wildman–Crippen LogP) is 3.52. The van der Waals surface area contributed by atoms with Crippen molar-refractivity contribution in [2.45, 2.75) is 48.0 Å². The Hall–Kier alpha value is -2.50. The van der Waals surface area contributed by atoms with Crippen LogP contribution in [0.5, 0.6) is 0 Å². The van der Waals surface area contributed by atoms with E-state index in [-0.39, 0.29) is 11.9 Å². The maximum absolute atomic E-state index is 12.1. The summed E-state index contributed by atoms with van der Waals surface area (Å²) in [4.78, 5) is 30.8. The number of aryl methyl sites for hydroxylation is 2. The maximum Gasteiger partial charge on any atom is 0.340 e. The molecule has 2 aromatic heterocycles. The topological polar surface area (TPSA) is 84.2 Å². The third kappa shape index (κ3) is 3.62. The maximum atomic E-state index is 12.1. The number of hydrogen-bond donors (Lipinski definition) is 2. The number of carbonyl (C=O) groups is 2. The lowest BCUT2D eigenvalue weighted by molar-refractivity contribution is 0.0515. The van der Waals surface area contributed by atoms with Gasteiger partial charge in [0.25, 0.3) is 0 Å². The molecule has 0 saturated heterocycles. The molecular weight excluding hydrogens is 320 g/mol. The van der Waals surface area contributed by atoms with Crippen molar-refractivity contribution in [3.05, 3.63) is 45.0 Å². The fourth-order valence-corrected chi connectivity index (χ4v) is 3.18. The SMILES string of the molecule is CCOC(=O)c1c(C)[nH]c(Cc2[nH]c(C)c(C(=O)OCC)c2C)c1C. The zero-order valence-corrected chi connectivity index (χ0v) is 15.8. The van der Waals surface area contributed by atoms with Gasteiger partial charge in [0.1, 0.15) is 0 Å². The number of carbonyl (C=O) groups excluding carboxylic acids is 2. The minimum Gasteiger partial charge on any atom is -0.462 e. The first-order chi connectivity index (χ1) is 11.8. The van der Waals surface area contributed by atoms with E-state index in [0.29, 0.717) is 30.8 Å². The Bertz CT molecular complexity index is 733. The Balaban J connectivity index is 2.35. The second kappa shape index (κ2) is 7.59. The van der Waals surface area contributed by atoms with E-state index in [1.165, 1.54) is 0 Å². The molecule has 0 amide bonds. The summed E-state index contributed by atoms with van der Waals surface area (Å²) in [5.74, 6) is -0.627. The molecule has 0 aliphatic rings. The van der Waals surface area contributed by atoms with Crippen LogP contribution in [0.1, 0.15) is 68.5 Å². The first kappa shape index (κ1) is 18.8. The molecule has 2 aromatic rings. The molecule has 2 N–H and O–H groups in total. The third-order valence-corrected chi connectivity index (χ3v) is 4.39. The normalized spacial score (nSPS) is 10.8. The van der Waals surface area contributed by atoms with Crippen LogP contribution in [0.2, 0.25) is 0 Å². The fraction of sp³-hybridized carbons (Fsp3) is 0.474. The van der Waals surface area contributed by atoms with Gasteiger partial charge in [-0.15, -0.1) is 0 Å². The molecule has 0 aromatic carbocycles. The number of hydrogen-bond acceptors (Lipinski definition) is 4. The van der Waals surface area contributed by atoms with Gasteiger partial charge in [0.05, 0.1) is 24.3 Å². The molecule has 0 spiro atoms. The van der Waals surface area contributed by atoms with E-state index in [2.05, 4.69) is 9.97 Å². The number of aromatic nitrogens is 2. The van der Waals surface area contributed by atoms with Crippen molar-refractivity contribution in [1.82, 2.24) is 9.97 Å². The van der Waals surface area contributed by atoms with E-state index in [4.69, 9.17) is 9.47 Å². The third-order valence-electron chi connectivity index (χ3n) is 4.39. The molecule has 6 nitrogen and oxygen atoms in total. The van der Waals surface area contributed by atoms with Gasteiger partial charge in [0, 0.05) is 29.2 Å². The number of nitrogens with one attached hydrogen (secondary N) is 2. The van der Waals surface area contributed by atoms with E-state index in [0.717, 1.165) is 33.9 Å². The lowest BCUT2D eigenvalue weighted by Gasteiger charge is -2.04. The van der Waals surface area contributed by atoms with Gasteiger partial charge in [-0.1, -0.05) is 0 Å². The van der Waals surface area contributed by atoms with Crippen molar-refractivity contribution >= 4 is 11.9 Å². The van der Waals surface area contributed by atoms with Gasteiger partial charge in [0.2, 0.25) is 0 Å². The molecule has 0 saturated carbocycles. The van der Waals surface area contributed by atoms with Gasteiger partial charge in [-0.3, -0.25) is 0 Å². The molecule has 6 heteroatoms. The molecule has 136 valence electrons. The minimum absolute atomic E-state index is 0.313. The molecule has 0 bridgehead atoms. The van der Waals surface area contributed by atoms with Crippen LogP contribution in [-0.4, -0.2) is 35.1 Å². The molecular formula is C19H26N2O4. The van der Waals surface area contributed by atoms with Crippen LogP contribution in [0, 0.1) is 27.7 Å². The molecule has 2 heterocycles. The first-order valence-electron chi connectivity index (χ1n) is 8.52. The van der Waals surface area contributed by atoms with Crippen LogP contribution >= 0.6 is 0 Å². The summed E-state index contributed by atoms with van der Waals surface area (Å²) < 4.78 is 10.3. The molecule has 0 aliphatic carbocycles. The summed E-state index contributed by atoms with van der Waals surface area (Å²) in [6, 6.07) is 0. The Morgan fingerprint density at radius 1 is 0.760 bits per heavy atom. The van der Waals surface area contributed by atoms with Crippen LogP contribution in [-0.2, 0) is 15.9 Å². The van der Waals surface area contributed by atoms with Crippen molar-refractivity contribution in [3.63, 3.8) is 0 Å². The summed E-state index contributed by atoms with van der Waals surface area (Å²) in [6.45, 7) is 11.8. The van der Waals surface area contributed by atoms with Crippen LogP contribution in [0.15, 0.2) is 0 Å². The Labute approximate surface area is 147 Å². The second-order valence-electron chi connectivity index (χ2n) is 6.07. The first-order valence-corrected chi connectivity index (χ1v) is 8.52. The van der Waals surface area contributed by atoms with Crippen molar-refractivity contribution in [3.8, 4) is 0 Å². The standard InChI is InChI=1S/C19H26N2O4/c1-7-24-18(22)16-10(3)14(20-12(16)5)9-15-11(4)17(13(6)21-15)19(23)25-8-2/h20-21H,7-9H2,1-6H3. The van der Waals surface area contributed by atoms with Crippen LogP contribution in [0.25, 0.3) is 0 Å². The number of esters is 2. The molecule has 2 rings (SSSR count). The van der Waals surface area contributed by atoms with E-state index >= 15 is 0 Å². The summed E-state index contributed by atoms with van der Waals surface area (Å²) in [6.07, 6.45) is 0.568. The minimum atomic E-state index is -0.313. The van der Waals surface area contributed by atoms with Crippen molar-refractivity contribution in [1.29, 1.82) is 0 Å². The largest absolute Gasteiger partial charge is 0.462 e. The summed E-state index contributed by atoms with van der Waals surface area (Å²) >= 11 is 0. The van der Waals surface area contributed by atoms with Crippen LogP contribution < -0.4 is 0 Å².